The van der Waals surface area contributed by atoms with Crippen molar-refractivity contribution in [1.29, 1.82) is 0 Å². The summed E-state index contributed by atoms with van der Waals surface area (Å²) in [5, 5.41) is 8.31. The van der Waals surface area contributed by atoms with Crippen LogP contribution in [0.15, 0.2) is 47.4 Å². The summed E-state index contributed by atoms with van der Waals surface area (Å²) in [7, 11) is -3.79. The Kier molecular flexibility index (Phi) is 5.55. The van der Waals surface area contributed by atoms with Crippen LogP contribution in [0.4, 0.5) is 10.1 Å². The summed E-state index contributed by atoms with van der Waals surface area (Å²) in [6.07, 6.45) is 4.85. The van der Waals surface area contributed by atoms with E-state index in [4.69, 9.17) is 5.14 Å². The Morgan fingerprint density at radius 3 is 2.50 bits per heavy atom. The maximum absolute atomic E-state index is 13.3. The van der Waals surface area contributed by atoms with Gasteiger partial charge in [0.1, 0.15) is 5.82 Å². The zero-order valence-corrected chi connectivity index (χ0v) is 17.6. The molecule has 0 aromatic heterocycles. The molecule has 3 N–H and O–H groups in total. The van der Waals surface area contributed by atoms with Gasteiger partial charge in [0, 0.05) is 24.2 Å². The minimum atomic E-state index is -3.79. The number of amides is 1. The molecule has 2 aromatic rings. The smallest absolute Gasteiger partial charge is 0.239 e. The van der Waals surface area contributed by atoms with E-state index >= 15 is 0 Å². The van der Waals surface area contributed by atoms with Gasteiger partial charge in [-0.2, -0.15) is 0 Å². The lowest BCUT2D eigenvalue weighted by Gasteiger charge is -2.30. The van der Waals surface area contributed by atoms with Gasteiger partial charge in [-0.1, -0.05) is 31.0 Å². The predicted octanol–water partition coefficient (Wildman–Crippen LogP) is 2.46. The van der Waals surface area contributed by atoms with E-state index in [0.717, 1.165) is 48.9 Å². The van der Waals surface area contributed by atoms with Crippen LogP contribution in [-0.4, -0.2) is 34.0 Å². The number of rotatable bonds is 6. The van der Waals surface area contributed by atoms with E-state index in [0.29, 0.717) is 13.1 Å². The first-order valence-electron chi connectivity index (χ1n) is 10.2. The average molecular weight is 432 g/mol. The van der Waals surface area contributed by atoms with Gasteiger partial charge in [-0.15, -0.1) is 0 Å². The second-order valence-corrected chi connectivity index (χ2v) is 9.84. The van der Waals surface area contributed by atoms with Crippen LogP contribution in [0.25, 0.3) is 0 Å². The van der Waals surface area contributed by atoms with Gasteiger partial charge in [0.05, 0.1) is 11.4 Å². The van der Waals surface area contributed by atoms with Gasteiger partial charge >= 0.3 is 0 Å². The normalized spacial score (nSPS) is 17.7. The van der Waals surface area contributed by atoms with E-state index in [1.54, 1.807) is 12.1 Å². The number of hydrogen-bond acceptors (Lipinski definition) is 4. The molecule has 0 spiro atoms. The van der Waals surface area contributed by atoms with Crippen LogP contribution >= 0.6 is 0 Å². The topological polar surface area (TPSA) is 92.5 Å². The molecule has 2 aromatic carbocycles. The maximum Gasteiger partial charge on any atom is 0.239 e. The van der Waals surface area contributed by atoms with Crippen LogP contribution in [-0.2, 0) is 26.7 Å². The standard InChI is InChI=1S/C22H26FN3O3S/c23-18-6-4-17(5-7-18)22(10-1-2-11-22)15-25-21(27)14-26-12-9-16-3-8-19(13-20(16)26)30(24,28)29/h3-8,13H,1-2,9-12,14-15H2,(H,25,27)(H2,24,28,29). The van der Waals surface area contributed by atoms with Crippen molar-refractivity contribution >= 4 is 21.6 Å². The molecular formula is C22H26FN3O3S. The largest absolute Gasteiger partial charge is 0.362 e. The molecule has 1 heterocycles. The lowest BCUT2D eigenvalue weighted by molar-refractivity contribution is -0.120. The summed E-state index contributed by atoms with van der Waals surface area (Å²) in [4.78, 5) is 14.7. The highest BCUT2D eigenvalue weighted by atomic mass is 32.2. The number of benzene rings is 2. The SMILES string of the molecule is NS(=O)(=O)c1ccc2c(c1)N(CC(=O)NCC1(c3ccc(F)cc3)CCCC1)CC2. The van der Waals surface area contributed by atoms with Gasteiger partial charge < -0.3 is 10.2 Å². The minimum absolute atomic E-state index is 0.0507. The number of halogens is 1. The van der Waals surface area contributed by atoms with Crippen LogP contribution in [0.2, 0.25) is 0 Å². The van der Waals surface area contributed by atoms with Crippen molar-refractivity contribution in [1.82, 2.24) is 5.32 Å². The Morgan fingerprint density at radius 1 is 1.13 bits per heavy atom. The lowest BCUT2D eigenvalue weighted by Crippen LogP contribution is -2.43. The molecule has 6 nitrogen and oxygen atoms in total. The Bertz CT molecular complexity index is 1050. The molecule has 30 heavy (non-hydrogen) atoms. The molecule has 1 aliphatic heterocycles. The summed E-state index contributed by atoms with van der Waals surface area (Å²) in [5.74, 6) is -0.375. The number of anilines is 1. The summed E-state index contributed by atoms with van der Waals surface area (Å²) >= 11 is 0. The molecule has 1 saturated carbocycles. The average Bonchev–Trinajstić information content (AvgIpc) is 3.34. The van der Waals surface area contributed by atoms with Gasteiger partial charge in [0.25, 0.3) is 0 Å². The molecule has 0 atom stereocenters. The Balaban J connectivity index is 1.44. The number of hydrogen-bond donors (Lipinski definition) is 2. The van der Waals surface area contributed by atoms with Crippen molar-refractivity contribution in [3.63, 3.8) is 0 Å². The summed E-state index contributed by atoms with van der Waals surface area (Å²) in [6.45, 7) is 1.32. The first-order valence-corrected chi connectivity index (χ1v) is 11.7. The van der Waals surface area contributed by atoms with Crippen molar-refractivity contribution in [2.75, 3.05) is 24.5 Å². The molecular weight excluding hydrogens is 405 g/mol. The summed E-state index contributed by atoms with van der Waals surface area (Å²) in [5.41, 5.74) is 2.65. The molecule has 1 amide bonds. The lowest BCUT2D eigenvalue weighted by atomic mass is 9.79. The zero-order valence-electron chi connectivity index (χ0n) is 16.7. The molecule has 1 fully saturated rings. The van der Waals surface area contributed by atoms with Gasteiger partial charge in [0.2, 0.25) is 15.9 Å². The quantitative estimate of drug-likeness (QED) is 0.735. The van der Waals surface area contributed by atoms with Crippen LogP contribution < -0.4 is 15.4 Å². The highest BCUT2D eigenvalue weighted by Crippen LogP contribution is 2.40. The first kappa shape index (κ1) is 20.8. The van der Waals surface area contributed by atoms with Crippen molar-refractivity contribution < 1.29 is 17.6 Å². The number of nitrogens with zero attached hydrogens (tertiary/aromatic N) is 1. The molecule has 1 aliphatic carbocycles. The summed E-state index contributed by atoms with van der Waals surface area (Å²) < 4.78 is 36.7. The molecule has 0 unspecified atom stereocenters. The van der Waals surface area contributed by atoms with E-state index in [1.807, 2.05) is 17.0 Å². The fourth-order valence-corrected chi connectivity index (χ4v) is 5.22. The second-order valence-electron chi connectivity index (χ2n) is 8.28. The molecule has 0 bridgehead atoms. The number of fused-ring (bicyclic) bond motifs is 1. The van der Waals surface area contributed by atoms with Crippen LogP contribution in [0, 0.1) is 5.82 Å². The number of sulfonamides is 1. The Morgan fingerprint density at radius 2 is 1.83 bits per heavy atom. The summed E-state index contributed by atoms with van der Waals surface area (Å²) in [6, 6.07) is 11.4. The van der Waals surface area contributed by atoms with Crippen molar-refractivity contribution in [2.24, 2.45) is 5.14 Å². The third kappa shape index (κ3) is 4.20. The van der Waals surface area contributed by atoms with Crippen molar-refractivity contribution in [3.05, 3.63) is 59.4 Å². The third-order valence-electron chi connectivity index (χ3n) is 6.35. The molecule has 8 heteroatoms. The van der Waals surface area contributed by atoms with Gasteiger partial charge in [0.15, 0.2) is 0 Å². The van der Waals surface area contributed by atoms with E-state index in [1.165, 1.54) is 18.2 Å². The first-order chi connectivity index (χ1) is 14.3. The van der Waals surface area contributed by atoms with E-state index in [-0.39, 0.29) is 28.6 Å². The van der Waals surface area contributed by atoms with Crippen LogP contribution in [0.1, 0.15) is 36.8 Å². The van der Waals surface area contributed by atoms with Gasteiger partial charge in [-0.3, -0.25) is 4.79 Å². The number of carbonyl (C=O) groups is 1. The van der Waals surface area contributed by atoms with Crippen LogP contribution in [0.3, 0.4) is 0 Å². The fourth-order valence-electron chi connectivity index (χ4n) is 4.69. The van der Waals surface area contributed by atoms with E-state index in [9.17, 15) is 17.6 Å². The number of primary sulfonamides is 1. The van der Waals surface area contributed by atoms with Crippen molar-refractivity contribution in [3.8, 4) is 0 Å². The molecule has 4 rings (SSSR count). The van der Waals surface area contributed by atoms with E-state index in [2.05, 4.69) is 5.32 Å². The molecule has 160 valence electrons. The zero-order chi connectivity index (χ0) is 21.4. The number of nitrogens with one attached hydrogen (secondary N) is 1. The second kappa shape index (κ2) is 8.00. The number of nitrogens with two attached hydrogens (primary N) is 1. The van der Waals surface area contributed by atoms with E-state index < -0.39 is 10.0 Å². The van der Waals surface area contributed by atoms with Gasteiger partial charge in [-0.25, -0.2) is 17.9 Å². The monoisotopic (exact) mass is 431 g/mol. The molecule has 2 aliphatic rings. The highest BCUT2D eigenvalue weighted by molar-refractivity contribution is 7.89. The Labute approximate surface area is 176 Å². The van der Waals surface area contributed by atoms with Gasteiger partial charge in [-0.05, 0) is 54.7 Å². The minimum Gasteiger partial charge on any atom is -0.362 e. The fraction of sp³-hybridized carbons (Fsp3) is 0.409. The highest BCUT2D eigenvalue weighted by Gasteiger charge is 2.36. The maximum atomic E-state index is 13.3. The molecule has 0 radical (unpaired) electrons. The predicted molar refractivity (Wildman–Crippen MR) is 113 cm³/mol. The van der Waals surface area contributed by atoms with Crippen LogP contribution in [0.5, 0.6) is 0 Å². The Hall–Kier alpha value is -2.45. The number of carbonyl (C=O) groups excluding carboxylic acids is 1. The third-order valence-corrected chi connectivity index (χ3v) is 7.26. The molecule has 0 saturated heterocycles. The van der Waals surface area contributed by atoms with Crippen molar-refractivity contribution in [2.45, 2.75) is 42.4 Å².